The highest BCUT2D eigenvalue weighted by molar-refractivity contribution is 5.98. The van der Waals surface area contributed by atoms with Gasteiger partial charge in [-0.25, -0.2) is 0 Å². The summed E-state index contributed by atoms with van der Waals surface area (Å²) in [6, 6.07) is 14.5. The first-order chi connectivity index (χ1) is 12.4. The number of para-hydroxylation sites is 1. The van der Waals surface area contributed by atoms with Crippen LogP contribution >= 0.6 is 0 Å². The highest BCUT2D eigenvalue weighted by Crippen LogP contribution is 2.36. The predicted octanol–water partition coefficient (Wildman–Crippen LogP) is 4.66. The van der Waals surface area contributed by atoms with Crippen molar-refractivity contribution in [1.29, 1.82) is 0 Å². The number of hydrogen-bond donors (Lipinski definition) is 1. The van der Waals surface area contributed by atoms with Crippen LogP contribution in [0.4, 0.5) is 13.2 Å². The van der Waals surface area contributed by atoms with E-state index in [0.717, 1.165) is 12.1 Å². The van der Waals surface area contributed by atoms with Gasteiger partial charge in [0.2, 0.25) is 0 Å². The number of pyridine rings is 1. The number of primary amides is 1. The Morgan fingerprint density at radius 2 is 1.69 bits per heavy atom. The molecule has 0 radical (unpaired) electrons. The van der Waals surface area contributed by atoms with Crippen molar-refractivity contribution in [3.8, 4) is 22.6 Å². The van der Waals surface area contributed by atoms with Crippen LogP contribution in [0.1, 0.15) is 16.1 Å². The van der Waals surface area contributed by atoms with E-state index < -0.39 is 17.6 Å². The molecule has 0 aliphatic rings. The Hall–Kier alpha value is -3.35. The number of nitrogens with zero attached hydrogens (tertiary/aromatic N) is 1. The number of ether oxygens (including phenoxy) is 1. The highest BCUT2D eigenvalue weighted by Gasteiger charge is 2.30. The Bertz CT molecular complexity index is 955. The maximum absolute atomic E-state index is 12.9. The van der Waals surface area contributed by atoms with Crippen molar-refractivity contribution in [1.82, 2.24) is 4.98 Å². The molecule has 0 unspecified atom stereocenters. The fraction of sp³-hybridized carbons (Fsp3) is 0.0526. The molecule has 7 heteroatoms. The van der Waals surface area contributed by atoms with Crippen LogP contribution in [0.15, 0.2) is 66.9 Å². The minimum Gasteiger partial charge on any atom is -0.457 e. The van der Waals surface area contributed by atoms with Crippen LogP contribution in [-0.2, 0) is 6.18 Å². The van der Waals surface area contributed by atoms with Gasteiger partial charge in [-0.15, -0.1) is 0 Å². The average molecular weight is 358 g/mol. The zero-order valence-electron chi connectivity index (χ0n) is 13.3. The molecule has 0 bridgehead atoms. The number of carbonyl (C=O) groups excluding carboxylic acids is 1. The van der Waals surface area contributed by atoms with Crippen LogP contribution in [-0.4, -0.2) is 10.9 Å². The first-order valence-corrected chi connectivity index (χ1v) is 7.55. The second-order valence-corrected chi connectivity index (χ2v) is 5.39. The molecular weight excluding hydrogens is 345 g/mol. The zero-order chi connectivity index (χ0) is 18.7. The number of rotatable bonds is 4. The number of nitrogens with two attached hydrogens (primary N) is 1. The van der Waals surface area contributed by atoms with Gasteiger partial charge in [0.1, 0.15) is 17.2 Å². The number of alkyl halides is 3. The lowest BCUT2D eigenvalue weighted by atomic mass is 10.0. The molecule has 1 amide bonds. The minimum absolute atomic E-state index is 0.0248. The van der Waals surface area contributed by atoms with E-state index in [2.05, 4.69) is 4.98 Å². The van der Waals surface area contributed by atoms with Gasteiger partial charge >= 0.3 is 6.18 Å². The first kappa shape index (κ1) is 17.5. The largest absolute Gasteiger partial charge is 0.457 e. The lowest BCUT2D eigenvalue weighted by Gasteiger charge is -2.14. The molecule has 1 heterocycles. The molecule has 2 aromatic carbocycles. The summed E-state index contributed by atoms with van der Waals surface area (Å²) in [5, 5.41) is 0. The van der Waals surface area contributed by atoms with Gasteiger partial charge in [-0.05, 0) is 30.3 Å². The van der Waals surface area contributed by atoms with Crippen molar-refractivity contribution in [3.05, 3.63) is 78.1 Å². The van der Waals surface area contributed by atoms with E-state index in [1.54, 1.807) is 36.4 Å². The summed E-state index contributed by atoms with van der Waals surface area (Å²) in [4.78, 5) is 15.6. The minimum atomic E-state index is -4.47. The van der Waals surface area contributed by atoms with Crippen LogP contribution < -0.4 is 10.5 Å². The number of aromatic nitrogens is 1. The second-order valence-electron chi connectivity index (χ2n) is 5.39. The fourth-order valence-electron chi connectivity index (χ4n) is 2.46. The van der Waals surface area contributed by atoms with Gasteiger partial charge in [0.15, 0.2) is 0 Å². The molecule has 0 spiro atoms. The summed E-state index contributed by atoms with van der Waals surface area (Å²) in [5.41, 5.74) is 5.52. The lowest BCUT2D eigenvalue weighted by Crippen LogP contribution is -2.14. The van der Waals surface area contributed by atoms with Crippen LogP contribution in [0, 0.1) is 0 Å². The van der Waals surface area contributed by atoms with Crippen molar-refractivity contribution < 1.29 is 22.7 Å². The molecule has 132 valence electrons. The Balaban J connectivity index is 2.03. The van der Waals surface area contributed by atoms with Gasteiger partial charge in [-0.2, -0.15) is 13.2 Å². The van der Waals surface area contributed by atoms with Gasteiger partial charge < -0.3 is 10.5 Å². The molecule has 0 aliphatic carbocycles. The maximum atomic E-state index is 12.9. The molecule has 0 saturated heterocycles. The quantitative estimate of drug-likeness (QED) is 0.738. The fourth-order valence-corrected chi connectivity index (χ4v) is 2.46. The maximum Gasteiger partial charge on any atom is 0.416 e. The van der Waals surface area contributed by atoms with E-state index in [-0.39, 0.29) is 17.2 Å². The first-order valence-electron chi connectivity index (χ1n) is 7.55. The molecule has 4 nitrogen and oxygen atoms in total. The summed E-state index contributed by atoms with van der Waals surface area (Å²) in [6.45, 7) is 0. The van der Waals surface area contributed by atoms with Crippen molar-refractivity contribution in [3.63, 3.8) is 0 Å². The predicted molar refractivity (Wildman–Crippen MR) is 89.7 cm³/mol. The third-order valence-electron chi connectivity index (χ3n) is 3.61. The van der Waals surface area contributed by atoms with Gasteiger partial charge in [-0.3, -0.25) is 9.78 Å². The molecule has 0 fully saturated rings. The summed E-state index contributed by atoms with van der Waals surface area (Å²) in [6.07, 6.45) is -3.04. The van der Waals surface area contributed by atoms with Crippen molar-refractivity contribution in [2.75, 3.05) is 0 Å². The average Bonchev–Trinajstić information content (AvgIpc) is 2.62. The number of carbonyl (C=O) groups is 1. The van der Waals surface area contributed by atoms with E-state index in [1.165, 1.54) is 18.3 Å². The van der Waals surface area contributed by atoms with Crippen LogP contribution in [0.2, 0.25) is 0 Å². The number of benzene rings is 2. The van der Waals surface area contributed by atoms with E-state index in [9.17, 15) is 18.0 Å². The smallest absolute Gasteiger partial charge is 0.416 e. The van der Waals surface area contributed by atoms with E-state index in [0.29, 0.717) is 11.1 Å². The van der Waals surface area contributed by atoms with Crippen LogP contribution in [0.3, 0.4) is 0 Å². The van der Waals surface area contributed by atoms with Gasteiger partial charge in [-0.1, -0.05) is 30.3 Å². The third kappa shape index (κ3) is 3.66. The summed E-state index contributed by atoms with van der Waals surface area (Å²) >= 11 is 0. The highest BCUT2D eigenvalue weighted by atomic mass is 19.4. The molecular formula is C19H13F3N2O2. The summed E-state index contributed by atoms with van der Waals surface area (Å²) in [7, 11) is 0. The summed E-state index contributed by atoms with van der Waals surface area (Å²) < 4.78 is 44.3. The molecule has 3 rings (SSSR count). The number of halogens is 3. The van der Waals surface area contributed by atoms with Crippen LogP contribution in [0.5, 0.6) is 11.5 Å². The Labute approximate surface area is 147 Å². The van der Waals surface area contributed by atoms with E-state index >= 15 is 0 Å². The van der Waals surface area contributed by atoms with Crippen LogP contribution in [0.25, 0.3) is 11.1 Å². The SMILES string of the molecule is NC(=O)c1ncccc1-c1ccccc1Oc1cccc(C(F)(F)F)c1. The lowest BCUT2D eigenvalue weighted by molar-refractivity contribution is -0.137. The van der Waals surface area contributed by atoms with Gasteiger partial charge in [0.25, 0.3) is 5.91 Å². The Morgan fingerprint density at radius 3 is 2.42 bits per heavy atom. The van der Waals surface area contributed by atoms with Crippen molar-refractivity contribution in [2.45, 2.75) is 6.18 Å². The summed E-state index contributed by atoms with van der Waals surface area (Å²) in [5.74, 6) is -0.409. The van der Waals surface area contributed by atoms with Gasteiger partial charge in [0.05, 0.1) is 5.56 Å². The molecule has 26 heavy (non-hydrogen) atoms. The Kier molecular flexibility index (Phi) is 4.62. The van der Waals surface area contributed by atoms with E-state index in [4.69, 9.17) is 10.5 Å². The molecule has 1 aromatic heterocycles. The zero-order valence-corrected chi connectivity index (χ0v) is 13.3. The number of amides is 1. The molecule has 3 aromatic rings. The molecule has 0 atom stereocenters. The topological polar surface area (TPSA) is 65.2 Å². The van der Waals surface area contributed by atoms with E-state index in [1.807, 2.05) is 0 Å². The molecule has 0 aliphatic heterocycles. The third-order valence-corrected chi connectivity index (χ3v) is 3.61. The molecule has 2 N–H and O–H groups in total. The second kappa shape index (κ2) is 6.87. The Morgan fingerprint density at radius 1 is 0.962 bits per heavy atom. The van der Waals surface area contributed by atoms with Crippen molar-refractivity contribution in [2.24, 2.45) is 5.73 Å². The standard InChI is InChI=1S/C19H13F3N2O2/c20-19(21,22)12-5-3-6-13(11-12)26-16-9-2-1-7-14(16)15-8-4-10-24-17(15)18(23)25/h1-11H,(H2,23,25). The van der Waals surface area contributed by atoms with Gasteiger partial charge in [0, 0.05) is 17.3 Å². The monoisotopic (exact) mass is 358 g/mol. The normalized spacial score (nSPS) is 11.2. The number of hydrogen-bond acceptors (Lipinski definition) is 3. The van der Waals surface area contributed by atoms with Crippen molar-refractivity contribution >= 4 is 5.91 Å². The molecule has 0 saturated carbocycles.